The van der Waals surface area contributed by atoms with Crippen LogP contribution in [0.5, 0.6) is 0 Å². The number of fused-ring (bicyclic) bond motifs is 1. The van der Waals surface area contributed by atoms with Crippen LogP contribution in [0.4, 0.5) is 8.78 Å². The molecule has 1 N–H and O–H groups in total. The number of aromatic amines is 1. The molecule has 0 aliphatic carbocycles. The molecule has 1 atom stereocenters. The summed E-state index contributed by atoms with van der Waals surface area (Å²) in [6.45, 7) is 5.81. The number of benzene rings is 1. The highest BCUT2D eigenvalue weighted by Gasteiger charge is 2.19. The Labute approximate surface area is 129 Å². The van der Waals surface area contributed by atoms with Gasteiger partial charge in [-0.2, -0.15) is 0 Å². The molecule has 0 aliphatic rings. The Morgan fingerprint density at radius 1 is 1.33 bits per heavy atom. The summed E-state index contributed by atoms with van der Waals surface area (Å²) in [4.78, 5) is 8.26. The SMILES string of the molecule is Cc1nc(C)c(C(C)n2c(=S)[nH]c3c(F)cc(F)cc32)s1. The maximum absolute atomic E-state index is 13.8. The molecule has 21 heavy (non-hydrogen) atoms. The molecule has 0 bridgehead atoms. The number of halogens is 2. The lowest BCUT2D eigenvalue weighted by molar-refractivity contribution is 0.588. The molecular formula is C14H13F2N3S2. The second-order valence-electron chi connectivity index (χ2n) is 4.94. The van der Waals surface area contributed by atoms with Gasteiger partial charge in [-0.05, 0) is 39.1 Å². The van der Waals surface area contributed by atoms with Gasteiger partial charge in [-0.15, -0.1) is 11.3 Å². The number of rotatable bonds is 2. The third-order valence-electron chi connectivity index (χ3n) is 3.45. The molecule has 0 aliphatic heterocycles. The zero-order valence-corrected chi connectivity index (χ0v) is 13.3. The average molecular weight is 325 g/mol. The van der Waals surface area contributed by atoms with E-state index >= 15 is 0 Å². The Balaban J connectivity index is 2.27. The van der Waals surface area contributed by atoms with Crippen molar-refractivity contribution in [1.29, 1.82) is 0 Å². The molecule has 1 unspecified atom stereocenters. The van der Waals surface area contributed by atoms with Gasteiger partial charge in [0.25, 0.3) is 0 Å². The Morgan fingerprint density at radius 2 is 2.05 bits per heavy atom. The third-order valence-corrected chi connectivity index (χ3v) is 4.99. The van der Waals surface area contributed by atoms with Crippen molar-refractivity contribution in [3.8, 4) is 0 Å². The van der Waals surface area contributed by atoms with Gasteiger partial charge in [0.2, 0.25) is 0 Å². The monoisotopic (exact) mass is 325 g/mol. The van der Waals surface area contributed by atoms with Crippen molar-refractivity contribution in [3.63, 3.8) is 0 Å². The standard InChI is InChI=1S/C14H13F2N3S2/c1-6-13(21-8(3)17-6)7(2)19-11-5-9(15)4-10(16)12(11)18-14(19)20/h4-5,7H,1-3H3,(H,18,20). The topological polar surface area (TPSA) is 33.6 Å². The lowest BCUT2D eigenvalue weighted by Gasteiger charge is -2.13. The normalized spacial score (nSPS) is 13.0. The number of hydrogen-bond donors (Lipinski definition) is 1. The summed E-state index contributed by atoms with van der Waals surface area (Å²) < 4.78 is 29.5. The van der Waals surface area contributed by atoms with Crippen LogP contribution in [0.2, 0.25) is 0 Å². The molecule has 3 nitrogen and oxygen atoms in total. The largest absolute Gasteiger partial charge is 0.328 e. The summed E-state index contributed by atoms with van der Waals surface area (Å²) in [5.41, 5.74) is 1.57. The van der Waals surface area contributed by atoms with Crippen LogP contribution in [-0.2, 0) is 0 Å². The zero-order valence-electron chi connectivity index (χ0n) is 11.7. The third kappa shape index (κ3) is 2.30. The molecule has 7 heteroatoms. The second-order valence-corrected chi connectivity index (χ2v) is 6.56. The van der Waals surface area contributed by atoms with Crippen LogP contribution in [-0.4, -0.2) is 14.5 Å². The molecule has 0 spiro atoms. The van der Waals surface area contributed by atoms with E-state index in [1.807, 2.05) is 20.8 Å². The minimum Gasteiger partial charge on any atom is -0.328 e. The van der Waals surface area contributed by atoms with Crippen molar-refractivity contribution in [2.75, 3.05) is 0 Å². The van der Waals surface area contributed by atoms with E-state index in [2.05, 4.69) is 9.97 Å². The number of thiazole rings is 1. The van der Waals surface area contributed by atoms with Crippen molar-refractivity contribution in [2.45, 2.75) is 26.8 Å². The van der Waals surface area contributed by atoms with E-state index in [1.165, 1.54) is 6.07 Å². The molecule has 2 heterocycles. The summed E-state index contributed by atoms with van der Waals surface area (Å²) in [5.74, 6) is -1.26. The first-order valence-electron chi connectivity index (χ1n) is 6.41. The first kappa shape index (κ1) is 14.3. The van der Waals surface area contributed by atoms with E-state index in [4.69, 9.17) is 12.2 Å². The summed E-state index contributed by atoms with van der Waals surface area (Å²) in [6, 6.07) is 2.01. The van der Waals surface area contributed by atoms with Crippen LogP contribution in [0.1, 0.15) is 28.5 Å². The second kappa shape index (κ2) is 4.99. The van der Waals surface area contributed by atoms with Crippen LogP contribution < -0.4 is 0 Å². The van der Waals surface area contributed by atoms with E-state index in [0.29, 0.717) is 10.3 Å². The average Bonchev–Trinajstić information content (AvgIpc) is 2.88. The molecule has 2 aromatic heterocycles. The summed E-state index contributed by atoms with van der Waals surface area (Å²) in [6.07, 6.45) is 0. The first-order valence-corrected chi connectivity index (χ1v) is 7.64. The minimum atomic E-state index is -0.640. The fraction of sp³-hybridized carbons (Fsp3) is 0.286. The molecule has 1 aromatic carbocycles. The molecule has 3 aromatic rings. The van der Waals surface area contributed by atoms with Gasteiger partial charge in [0.1, 0.15) is 11.3 Å². The van der Waals surface area contributed by atoms with Crippen LogP contribution >= 0.6 is 23.6 Å². The predicted molar refractivity (Wildman–Crippen MR) is 82.4 cm³/mol. The molecule has 3 rings (SSSR count). The smallest absolute Gasteiger partial charge is 0.178 e. The molecule has 0 radical (unpaired) electrons. The minimum absolute atomic E-state index is 0.140. The van der Waals surface area contributed by atoms with Gasteiger partial charge >= 0.3 is 0 Å². The number of aromatic nitrogens is 3. The van der Waals surface area contributed by atoms with E-state index in [9.17, 15) is 8.78 Å². The van der Waals surface area contributed by atoms with Gasteiger partial charge in [-0.25, -0.2) is 13.8 Å². The van der Waals surface area contributed by atoms with Crippen molar-refractivity contribution < 1.29 is 8.78 Å². The highest BCUT2D eigenvalue weighted by Crippen LogP contribution is 2.31. The fourth-order valence-electron chi connectivity index (χ4n) is 2.59. The summed E-state index contributed by atoms with van der Waals surface area (Å²) in [7, 11) is 0. The lowest BCUT2D eigenvalue weighted by atomic mass is 10.2. The van der Waals surface area contributed by atoms with Crippen molar-refractivity contribution in [2.24, 2.45) is 0 Å². The van der Waals surface area contributed by atoms with Gasteiger partial charge in [0.05, 0.1) is 27.1 Å². The Hall–Kier alpha value is -1.60. The maximum Gasteiger partial charge on any atom is 0.178 e. The van der Waals surface area contributed by atoms with Crippen molar-refractivity contribution in [1.82, 2.24) is 14.5 Å². The van der Waals surface area contributed by atoms with Gasteiger partial charge < -0.3 is 9.55 Å². The van der Waals surface area contributed by atoms with Crippen LogP contribution in [0, 0.1) is 30.3 Å². The Morgan fingerprint density at radius 3 is 2.67 bits per heavy atom. The molecule has 0 saturated heterocycles. The molecular weight excluding hydrogens is 312 g/mol. The predicted octanol–water partition coefficient (Wildman–Crippen LogP) is 4.66. The first-order chi connectivity index (χ1) is 9.88. The number of nitrogens with zero attached hydrogens (tertiary/aromatic N) is 2. The van der Waals surface area contributed by atoms with Crippen molar-refractivity contribution in [3.05, 3.63) is 44.1 Å². The molecule has 0 fully saturated rings. The van der Waals surface area contributed by atoms with Crippen LogP contribution in [0.15, 0.2) is 12.1 Å². The number of imidazole rings is 1. The van der Waals surface area contributed by atoms with Crippen LogP contribution in [0.25, 0.3) is 11.0 Å². The van der Waals surface area contributed by atoms with Gasteiger partial charge in [-0.1, -0.05) is 0 Å². The van der Waals surface area contributed by atoms with E-state index in [1.54, 1.807) is 15.9 Å². The zero-order chi connectivity index (χ0) is 15.3. The van der Waals surface area contributed by atoms with Crippen LogP contribution in [0.3, 0.4) is 0 Å². The number of aryl methyl sites for hydroxylation is 2. The fourth-order valence-corrected chi connectivity index (χ4v) is 3.92. The van der Waals surface area contributed by atoms with E-state index in [0.717, 1.165) is 21.6 Å². The molecule has 0 saturated carbocycles. The molecule has 0 amide bonds. The maximum atomic E-state index is 13.8. The number of nitrogens with one attached hydrogen (secondary N) is 1. The summed E-state index contributed by atoms with van der Waals surface area (Å²) in [5, 5.41) is 0.957. The van der Waals surface area contributed by atoms with Gasteiger partial charge in [0.15, 0.2) is 10.6 Å². The quantitative estimate of drug-likeness (QED) is 0.695. The number of H-pyrrole nitrogens is 1. The Kier molecular flexibility index (Phi) is 3.41. The van der Waals surface area contributed by atoms with Gasteiger partial charge in [0, 0.05) is 6.07 Å². The van der Waals surface area contributed by atoms with Crippen molar-refractivity contribution >= 4 is 34.6 Å². The molecule has 110 valence electrons. The summed E-state index contributed by atoms with van der Waals surface area (Å²) >= 11 is 6.85. The highest BCUT2D eigenvalue weighted by atomic mass is 32.1. The highest BCUT2D eigenvalue weighted by molar-refractivity contribution is 7.71. The van der Waals surface area contributed by atoms with E-state index in [-0.39, 0.29) is 11.6 Å². The lowest BCUT2D eigenvalue weighted by Crippen LogP contribution is -2.06. The Bertz CT molecular complexity index is 892. The number of hydrogen-bond acceptors (Lipinski definition) is 3. The van der Waals surface area contributed by atoms with E-state index < -0.39 is 11.6 Å². The van der Waals surface area contributed by atoms with Gasteiger partial charge in [-0.3, -0.25) is 0 Å².